The number of alkyl halides is 3. The van der Waals surface area contributed by atoms with E-state index in [9.17, 15) is 22.8 Å². The van der Waals surface area contributed by atoms with Crippen molar-refractivity contribution < 1.29 is 32.6 Å². The van der Waals surface area contributed by atoms with E-state index >= 15 is 0 Å². The third-order valence-corrected chi connectivity index (χ3v) is 2.75. The van der Waals surface area contributed by atoms with E-state index in [2.05, 4.69) is 0 Å². The number of amides is 1. The largest absolute Gasteiger partial charge is 0.481 e. The average Bonchev–Trinajstić information content (AvgIpc) is 2.38. The van der Waals surface area contributed by atoms with Crippen molar-refractivity contribution in [3.8, 4) is 5.75 Å². The fourth-order valence-corrected chi connectivity index (χ4v) is 1.60. The number of hydrogen-bond acceptors (Lipinski definition) is 3. The molecule has 2 N–H and O–H groups in total. The predicted octanol–water partition coefficient (Wildman–Crippen LogP) is 2.28. The van der Waals surface area contributed by atoms with Crippen molar-refractivity contribution in [1.82, 2.24) is 5.32 Å². The van der Waals surface area contributed by atoms with Gasteiger partial charge in [0.25, 0.3) is 5.91 Å². The van der Waals surface area contributed by atoms with E-state index in [-0.39, 0.29) is 0 Å². The van der Waals surface area contributed by atoms with Crippen LogP contribution in [0.1, 0.15) is 18.9 Å². The van der Waals surface area contributed by atoms with Crippen molar-refractivity contribution in [3.63, 3.8) is 0 Å². The highest BCUT2D eigenvalue weighted by atomic mass is 19.4. The first-order valence-corrected chi connectivity index (χ1v) is 6.42. The molecule has 0 aliphatic carbocycles. The predicted molar refractivity (Wildman–Crippen MR) is 71.5 cm³/mol. The minimum atomic E-state index is -4.70. The van der Waals surface area contributed by atoms with E-state index in [1.165, 1.54) is 6.92 Å². The number of halogens is 3. The summed E-state index contributed by atoms with van der Waals surface area (Å²) in [7, 11) is 0. The van der Waals surface area contributed by atoms with Crippen LogP contribution in [0.4, 0.5) is 13.2 Å². The van der Waals surface area contributed by atoms with Gasteiger partial charge in [-0.25, -0.2) is 4.79 Å². The van der Waals surface area contributed by atoms with Crippen molar-refractivity contribution in [2.75, 3.05) is 0 Å². The normalized spacial score (nSPS) is 14.0. The van der Waals surface area contributed by atoms with Gasteiger partial charge in [-0.05, 0) is 26.0 Å². The van der Waals surface area contributed by atoms with Crippen molar-refractivity contribution in [2.45, 2.75) is 38.6 Å². The molecule has 0 heterocycles. The first kappa shape index (κ1) is 17.8. The molecule has 0 fully saturated rings. The van der Waals surface area contributed by atoms with Crippen LogP contribution in [-0.4, -0.2) is 35.3 Å². The molecule has 1 aromatic rings. The lowest BCUT2D eigenvalue weighted by Crippen LogP contribution is -2.48. The zero-order chi connectivity index (χ0) is 16.9. The number of rotatable bonds is 6. The number of benzene rings is 1. The SMILES string of the molecule is Cc1ccc(OC(C)C(=O)NC(CC(F)(F)F)C(=O)O)cc1. The van der Waals surface area contributed by atoms with Crippen LogP contribution in [-0.2, 0) is 9.59 Å². The third kappa shape index (κ3) is 6.02. The molecule has 1 amide bonds. The summed E-state index contributed by atoms with van der Waals surface area (Å²) < 4.78 is 42.0. The molecule has 122 valence electrons. The monoisotopic (exact) mass is 319 g/mol. The lowest BCUT2D eigenvalue weighted by atomic mass is 10.2. The molecule has 2 atom stereocenters. The fraction of sp³-hybridized carbons (Fsp3) is 0.429. The molecular formula is C14H16F3NO4. The van der Waals surface area contributed by atoms with Gasteiger partial charge in [0, 0.05) is 0 Å². The Bertz CT molecular complexity index is 528. The molecule has 0 radical (unpaired) electrons. The Balaban J connectivity index is 2.65. The van der Waals surface area contributed by atoms with Gasteiger partial charge >= 0.3 is 12.1 Å². The maximum absolute atomic E-state index is 12.3. The number of aryl methyl sites for hydroxylation is 1. The molecule has 0 saturated carbocycles. The lowest BCUT2D eigenvalue weighted by molar-refractivity contribution is -0.160. The van der Waals surface area contributed by atoms with E-state index in [4.69, 9.17) is 9.84 Å². The minimum Gasteiger partial charge on any atom is -0.481 e. The maximum Gasteiger partial charge on any atom is 0.391 e. The van der Waals surface area contributed by atoms with E-state index in [0.717, 1.165) is 5.56 Å². The van der Waals surface area contributed by atoms with Gasteiger partial charge in [0.05, 0.1) is 6.42 Å². The molecule has 0 aliphatic heterocycles. The standard InChI is InChI=1S/C14H16F3NO4/c1-8-3-5-10(6-4-8)22-9(2)12(19)18-11(13(20)21)7-14(15,16)17/h3-6,9,11H,7H2,1-2H3,(H,18,19)(H,20,21). The molecular weight excluding hydrogens is 303 g/mol. The number of nitrogens with one attached hydrogen (secondary N) is 1. The highest BCUT2D eigenvalue weighted by molar-refractivity contribution is 5.86. The maximum atomic E-state index is 12.3. The van der Waals surface area contributed by atoms with Crippen molar-refractivity contribution in [2.24, 2.45) is 0 Å². The summed E-state index contributed by atoms with van der Waals surface area (Å²) >= 11 is 0. The van der Waals surface area contributed by atoms with Crippen molar-refractivity contribution in [3.05, 3.63) is 29.8 Å². The quantitative estimate of drug-likeness (QED) is 0.843. The molecule has 1 rings (SSSR count). The molecule has 1 aromatic carbocycles. The minimum absolute atomic E-state index is 0.357. The molecule has 0 aromatic heterocycles. The van der Waals surface area contributed by atoms with Crippen LogP contribution in [0.15, 0.2) is 24.3 Å². The lowest BCUT2D eigenvalue weighted by Gasteiger charge is -2.19. The van der Waals surface area contributed by atoms with Gasteiger partial charge < -0.3 is 15.2 Å². The van der Waals surface area contributed by atoms with Gasteiger partial charge in [0.15, 0.2) is 6.10 Å². The number of ether oxygens (including phenoxy) is 1. The number of aliphatic carboxylic acids is 1. The van der Waals surface area contributed by atoms with E-state index < -0.39 is 36.6 Å². The number of carbonyl (C=O) groups is 2. The Morgan fingerprint density at radius 2 is 1.82 bits per heavy atom. The van der Waals surface area contributed by atoms with Gasteiger partial charge in [-0.3, -0.25) is 4.79 Å². The van der Waals surface area contributed by atoms with Crippen LogP contribution in [0.2, 0.25) is 0 Å². The second-order valence-electron chi connectivity index (χ2n) is 4.79. The van der Waals surface area contributed by atoms with Crippen LogP contribution in [0.3, 0.4) is 0 Å². The van der Waals surface area contributed by atoms with Crippen LogP contribution in [0.25, 0.3) is 0 Å². The second kappa shape index (κ2) is 7.15. The summed E-state index contributed by atoms with van der Waals surface area (Å²) in [5.41, 5.74) is 0.973. The van der Waals surface area contributed by atoms with Crippen LogP contribution in [0, 0.1) is 6.92 Å². The van der Waals surface area contributed by atoms with E-state index in [1.54, 1.807) is 24.3 Å². The van der Waals surface area contributed by atoms with Gasteiger partial charge in [-0.2, -0.15) is 13.2 Å². The van der Waals surface area contributed by atoms with Gasteiger partial charge in [0.1, 0.15) is 11.8 Å². The summed E-state index contributed by atoms with van der Waals surface area (Å²) in [5, 5.41) is 10.6. The summed E-state index contributed by atoms with van der Waals surface area (Å²) in [5.74, 6) is -2.33. The van der Waals surface area contributed by atoms with Gasteiger partial charge in [-0.1, -0.05) is 17.7 Å². The topological polar surface area (TPSA) is 75.6 Å². The van der Waals surface area contributed by atoms with E-state index in [0.29, 0.717) is 5.75 Å². The Morgan fingerprint density at radius 3 is 2.27 bits per heavy atom. The van der Waals surface area contributed by atoms with Crippen LogP contribution < -0.4 is 10.1 Å². The first-order valence-electron chi connectivity index (χ1n) is 6.42. The Kier molecular flexibility index (Phi) is 5.78. The van der Waals surface area contributed by atoms with E-state index in [1.807, 2.05) is 12.2 Å². The smallest absolute Gasteiger partial charge is 0.391 e. The summed E-state index contributed by atoms with van der Waals surface area (Å²) in [6.07, 6.45) is -7.47. The molecule has 2 unspecified atom stereocenters. The molecule has 0 spiro atoms. The number of carboxylic acid groups (broad SMARTS) is 1. The molecule has 5 nitrogen and oxygen atoms in total. The Hall–Kier alpha value is -2.25. The first-order chi connectivity index (χ1) is 10.1. The number of hydrogen-bond donors (Lipinski definition) is 2. The summed E-state index contributed by atoms with van der Waals surface area (Å²) in [6, 6.07) is 4.64. The van der Waals surface area contributed by atoms with Crippen LogP contribution >= 0.6 is 0 Å². The molecule has 0 bridgehead atoms. The van der Waals surface area contributed by atoms with Gasteiger partial charge in [0.2, 0.25) is 0 Å². The molecule has 8 heteroatoms. The fourth-order valence-electron chi connectivity index (χ4n) is 1.60. The average molecular weight is 319 g/mol. The Labute approximate surface area is 125 Å². The molecule has 0 saturated heterocycles. The van der Waals surface area contributed by atoms with Gasteiger partial charge in [-0.15, -0.1) is 0 Å². The van der Waals surface area contributed by atoms with Crippen LogP contribution in [0.5, 0.6) is 5.75 Å². The summed E-state index contributed by atoms with van der Waals surface area (Å²) in [6.45, 7) is 3.18. The zero-order valence-electron chi connectivity index (χ0n) is 12.0. The molecule has 22 heavy (non-hydrogen) atoms. The number of carboxylic acids is 1. The third-order valence-electron chi connectivity index (χ3n) is 2.75. The van der Waals surface area contributed by atoms with Crippen molar-refractivity contribution >= 4 is 11.9 Å². The highest BCUT2D eigenvalue weighted by Gasteiger charge is 2.37. The highest BCUT2D eigenvalue weighted by Crippen LogP contribution is 2.22. The Morgan fingerprint density at radius 1 is 1.27 bits per heavy atom. The zero-order valence-corrected chi connectivity index (χ0v) is 12.0. The van der Waals surface area contributed by atoms with Crippen molar-refractivity contribution in [1.29, 1.82) is 0 Å². The second-order valence-corrected chi connectivity index (χ2v) is 4.79. The number of carbonyl (C=O) groups excluding carboxylic acids is 1. The molecule has 0 aliphatic rings. The summed E-state index contributed by atoms with van der Waals surface area (Å²) in [4.78, 5) is 22.5.